The van der Waals surface area contributed by atoms with Crippen LogP contribution in [0.4, 0.5) is 4.39 Å². The molecule has 0 aliphatic heterocycles. The van der Waals surface area contributed by atoms with Crippen LogP contribution >= 0.6 is 0 Å². The largest absolute Gasteiger partial charge is 0.480 e. The van der Waals surface area contributed by atoms with Crippen LogP contribution in [-0.2, 0) is 4.79 Å². The molecule has 1 amide bonds. The predicted octanol–water partition coefficient (Wildman–Crippen LogP) is 1.90. The minimum atomic E-state index is -1.14. The highest BCUT2D eigenvalue weighted by Crippen LogP contribution is 2.22. The fraction of sp³-hybridized carbons (Fsp3) is 0.0769. The van der Waals surface area contributed by atoms with E-state index in [0.29, 0.717) is 11.3 Å². The van der Waals surface area contributed by atoms with E-state index < -0.39 is 18.4 Å². The first kappa shape index (κ1) is 12.8. The standard InChI is InChI=1S/C13H10FNO4/c14-9-3-1-8(2-4-9)10-5-6-11(19-10)13(18)15-7-12(16)17/h1-6H,7H2,(H,15,18)(H,16,17). The zero-order valence-electron chi connectivity index (χ0n) is 9.72. The van der Waals surface area contributed by atoms with Crippen molar-refractivity contribution in [3.05, 3.63) is 48.0 Å². The van der Waals surface area contributed by atoms with Crippen molar-refractivity contribution in [2.75, 3.05) is 6.54 Å². The average Bonchev–Trinajstić information content (AvgIpc) is 2.86. The lowest BCUT2D eigenvalue weighted by molar-refractivity contribution is -0.135. The second-order valence-corrected chi connectivity index (χ2v) is 3.75. The van der Waals surface area contributed by atoms with Crippen LogP contribution in [0.3, 0.4) is 0 Å². The van der Waals surface area contributed by atoms with Crippen molar-refractivity contribution in [2.45, 2.75) is 0 Å². The molecule has 0 atom stereocenters. The lowest BCUT2D eigenvalue weighted by Gasteiger charge is -1.99. The summed E-state index contributed by atoms with van der Waals surface area (Å²) < 4.78 is 18.0. The first-order chi connectivity index (χ1) is 9.06. The third kappa shape index (κ3) is 3.19. The number of carbonyl (C=O) groups excluding carboxylic acids is 1. The quantitative estimate of drug-likeness (QED) is 0.882. The number of hydrogen-bond donors (Lipinski definition) is 2. The van der Waals surface area contributed by atoms with Gasteiger partial charge >= 0.3 is 5.97 Å². The van der Waals surface area contributed by atoms with Gasteiger partial charge in [0.1, 0.15) is 18.1 Å². The van der Waals surface area contributed by atoms with Gasteiger partial charge in [0, 0.05) is 5.56 Å². The van der Waals surface area contributed by atoms with Crippen LogP contribution in [-0.4, -0.2) is 23.5 Å². The van der Waals surface area contributed by atoms with Gasteiger partial charge in [0.05, 0.1) is 0 Å². The lowest BCUT2D eigenvalue weighted by atomic mass is 10.2. The van der Waals surface area contributed by atoms with E-state index in [4.69, 9.17) is 9.52 Å². The van der Waals surface area contributed by atoms with E-state index in [1.807, 2.05) is 0 Å². The molecular weight excluding hydrogens is 253 g/mol. The van der Waals surface area contributed by atoms with E-state index in [9.17, 15) is 14.0 Å². The van der Waals surface area contributed by atoms with Gasteiger partial charge in [-0.05, 0) is 36.4 Å². The summed E-state index contributed by atoms with van der Waals surface area (Å²) in [5.41, 5.74) is 0.624. The Morgan fingerprint density at radius 2 is 1.84 bits per heavy atom. The Labute approximate surface area is 107 Å². The number of benzene rings is 1. The molecule has 19 heavy (non-hydrogen) atoms. The second kappa shape index (κ2) is 5.34. The minimum Gasteiger partial charge on any atom is -0.480 e. The van der Waals surface area contributed by atoms with Gasteiger partial charge in [-0.2, -0.15) is 0 Å². The van der Waals surface area contributed by atoms with Gasteiger partial charge in [0.2, 0.25) is 0 Å². The van der Waals surface area contributed by atoms with E-state index in [1.54, 1.807) is 6.07 Å². The number of halogens is 1. The minimum absolute atomic E-state index is 0.000532. The SMILES string of the molecule is O=C(O)CNC(=O)c1ccc(-c2ccc(F)cc2)o1. The van der Waals surface area contributed by atoms with Gasteiger partial charge in [-0.3, -0.25) is 9.59 Å². The molecular formula is C13H10FNO4. The molecule has 0 spiro atoms. The van der Waals surface area contributed by atoms with Crippen molar-refractivity contribution < 1.29 is 23.5 Å². The zero-order valence-corrected chi connectivity index (χ0v) is 9.72. The third-order valence-electron chi connectivity index (χ3n) is 2.36. The third-order valence-corrected chi connectivity index (χ3v) is 2.36. The highest BCUT2D eigenvalue weighted by Gasteiger charge is 2.12. The Morgan fingerprint density at radius 3 is 2.47 bits per heavy atom. The maximum absolute atomic E-state index is 12.8. The monoisotopic (exact) mass is 263 g/mol. The Morgan fingerprint density at radius 1 is 1.16 bits per heavy atom. The van der Waals surface area contributed by atoms with Gasteiger partial charge in [-0.15, -0.1) is 0 Å². The smallest absolute Gasteiger partial charge is 0.322 e. The van der Waals surface area contributed by atoms with Crippen LogP contribution in [0.5, 0.6) is 0 Å². The molecule has 1 heterocycles. The summed E-state index contributed by atoms with van der Waals surface area (Å²) in [5, 5.41) is 10.6. The van der Waals surface area contributed by atoms with Crippen LogP contribution in [0, 0.1) is 5.82 Å². The first-order valence-corrected chi connectivity index (χ1v) is 5.42. The topological polar surface area (TPSA) is 79.5 Å². The molecule has 98 valence electrons. The Kier molecular flexibility index (Phi) is 3.61. The molecule has 0 aliphatic rings. The normalized spacial score (nSPS) is 10.2. The summed E-state index contributed by atoms with van der Waals surface area (Å²) in [6.07, 6.45) is 0. The molecule has 2 rings (SSSR count). The highest BCUT2D eigenvalue weighted by atomic mass is 19.1. The van der Waals surface area contributed by atoms with Crippen LogP contribution in [0.15, 0.2) is 40.8 Å². The summed E-state index contributed by atoms with van der Waals surface area (Å²) in [7, 11) is 0. The maximum atomic E-state index is 12.8. The molecule has 0 saturated heterocycles. The molecule has 6 heteroatoms. The van der Waals surface area contributed by atoms with E-state index in [2.05, 4.69) is 5.32 Å². The summed E-state index contributed by atoms with van der Waals surface area (Å²) >= 11 is 0. The molecule has 0 bridgehead atoms. The van der Waals surface area contributed by atoms with E-state index >= 15 is 0 Å². The molecule has 2 N–H and O–H groups in total. The molecule has 1 aromatic carbocycles. The average molecular weight is 263 g/mol. The van der Waals surface area contributed by atoms with E-state index in [0.717, 1.165) is 0 Å². The van der Waals surface area contributed by atoms with E-state index in [1.165, 1.54) is 30.3 Å². The number of furan rings is 1. The summed E-state index contributed by atoms with van der Waals surface area (Å²) in [6.45, 7) is -0.481. The van der Waals surface area contributed by atoms with Crippen molar-refractivity contribution in [3.63, 3.8) is 0 Å². The molecule has 1 aromatic heterocycles. The fourth-order valence-corrected chi connectivity index (χ4v) is 1.47. The number of nitrogens with one attached hydrogen (secondary N) is 1. The summed E-state index contributed by atoms with van der Waals surface area (Å²) in [5.74, 6) is -1.72. The molecule has 2 aromatic rings. The first-order valence-electron chi connectivity index (χ1n) is 5.42. The zero-order chi connectivity index (χ0) is 13.8. The Bertz CT molecular complexity index is 603. The Balaban J connectivity index is 2.12. The molecule has 5 nitrogen and oxygen atoms in total. The number of carboxylic acids is 1. The maximum Gasteiger partial charge on any atom is 0.322 e. The Hall–Kier alpha value is -2.63. The summed E-state index contributed by atoms with van der Waals surface area (Å²) in [6, 6.07) is 8.59. The van der Waals surface area contributed by atoms with Crippen LogP contribution in [0.25, 0.3) is 11.3 Å². The van der Waals surface area contributed by atoms with Gasteiger partial charge < -0.3 is 14.8 Å². The number of amides is 1. The van der Waals surface area contributed by atoms with Crippen LogP contribution in [0.2, 0.25) is 0 Å². The summed E-state index contributed by atoms with van der Waals surface area (Å²) in [4.78, 5) is 21.8. The number of hydrogen-bond acceptors (Lipinski definition) is 3. The number of carbonyl (C=O) groups is 2. The van der Waals surface area contributed by atoms with Crippen LogP contribution < -0.4 is 5.32 Å². The van der Waals surface area contributed by atoms with Crippen molar-refractivity contribution in [3.8, 4) is 11.3 Å². The molecule has 0 unspecified atom stereocenters. The van der Waals surface area contributed by atoms with Gasteiger partial charge in [-0.25, -0.2) is 4.39 Å². The molecule has 0 aliphatic carbocycles. The number of rotatable bonds is 4. The number of carboxylic acid groups (broad SMARTS) is 1. The van der Waals surface area contributed by atoms with Gasteiger partial charge in [0.15, 0.2) is 5.76 Å². The molecule has 0 saturated carbocycles. The number of aliphatic carboxylic acids is 1. The molecule has 0 radical (unpaired) electrons. The van der Waals surface area contributed by atoms with Crippen molar-refractivity contribution in [1.29, 1.82) is 0 Å². The predicted molar refractivity (Wildman–Crippen MR) is 64.1 cm³/mol. The van der Waals surface area contributed by atoms with Crippen LogP contribution in [0.1, 0.15) is 10.6 Å². The highest BCUT2D eigenvalue weighted by molar-refractivity contribution is 5.93. The molecule has 0 fully saturated rings. The second-order valence-electron chi connectivity index (χ2n) is 3.75. The van der Waals surface area contributed by atoms with Gasteiger partial charge in [0.25, 0.3) is 5.91 Å². The fourth-order valence-electron chi connectivity index (χ4n) is 1.47. The van der Waals surface area contributed by atoms with Crippen molar-refractivity contribution >= 4 is 11.9 Å². The van der Waals surface area contributed by atoms with E-state index in [-0.39, 0.29) is 11.6 Å². The van der Waals surface area contributed by atoms with Crippen molar-refractivity contribution in [1.82, 2.24) is 5.32 Å². The van der Waals surface area contributed by atoms with Crippen molar-refractivity contribution in [2.24, 2.45) is 0 Å². The van der Waals surface area contributed by atoms with Gasteiger partial charge in [-0.1, -0.05) is 0 Å². The lowest BCUT2D eigenvalue weighted by Crippen LogP contribution is -2.28.